The lowest BCUT2D eigenvalue weighted by Gasteiger charge is -2.15. The van der Waals surface area contributed by atoms with Crippen LogP contribution >= 0.6 is 11.6 Å². The minimum Gasteiger partial charge on any atom is -0.478 e. The number of carbonyl (C=O) groups is 3. The lowest BCUT2D eigenvalue weighted by molar-refractivity contribution is -0.145. The Labute approximate surface area is 119 Å². The van der Waals surface area contributed by atoms with Crippen LogP contribution in [-0.2, 0) is 14.3 Å². The molecule has 1 atom stereocenters. The van der Waals surface area contributed by atoms with Crippen molar-refractivity contribution in [1.29, 1.82) is 0 Å². The highest BCUT2D eigenvalue weighted by atomic mass is 35.5. The number of ether oxygens (including phenoxy) is 1. The van der Waals surface area contributed by atoms with Gasteiger partial charge in [-0.25, -0.2) is 9.78 Å². The van der Waals surface area contributed by atoms with E-state index in [0.29, 0.717) is 0 Å². The number of carboxylic acid groups (broad SMARTS) is 1. The molecular weight excluding hydrogens is 288 g/mol. The average Bonchev–Trinajstić information content (AvgIpc) is 2.79. The van der Waals surface area contributed by atoms with Crippen molar-refractivity contribution in [2.24, 2.45) is 5.92 Å². The fourth-order valence-corrected chi connectivity index (χ4v) is 2.20. The van der Waals surface area contributed by atoms with Crippen LogP contribution in [0.25, 0.3) is 0 Å². The van der Waals surface area contributed by atoms with Crippen LogP contribution in [0.1, 0.15) is 16.8 Å². The van der Waals surface area contributed by atoms with E-state index in [-0.39, 0.29) is 35.4 Å². The molecule has 2 rings (SSSR count). The predicted octanol–water partition coefficient (Wildman–Crippen LogP) is 0.959. The molecule has 1 aliphatic heterocycles. The average molecular weight is 299 g/mol. The van der Waals surface area contributed by atoms with Crippen molar-refractivity contribution in [3.63, 3.8) is 0 Å². The molecular formula is C12H11ClN2O5. The van der Waals surface area contributed by atoms with Crippen molar-refractivity contribution in [3.05, 3.63) is 22.8 Å². The van der Waals surface area contributed by atoms with Gasteiger partial charge in [-0.3, -0.25) is 14.5 Å². The molecule has 0 saturated carbocycles. The van der Waals surface area contributed by atoms with Crippen LogP contribution in [0, 0.1) is 5.92 Å². The molecule has 1 unspecified atom stereocenters. The maximum absolute atomic E-state index is 11.9. The number of nitrogens with zero attached hydrogens (tertiary/aromatic N) is 2. The van der Waals surface area contributed by atoms with E-state index in [1.165, 1.54) is 24.1 Å². The highest BCUT2D eigenvalue weighted by molar-refractivity contribution is 6.30. The van der Waals surface area contributed by atoms with Crippen LogP contribution in [0.4, 0.5) is 5.82 Å². The Balaban J connectivity index is 2.30. The number of amides is 1. The Morgan fingerprint density at radius 3 is 2.80 bits per heavy atom. The molecule has 1 aliphatic rings. The topological polar surface area (TPSA) is 96.8 Å². The fourth-order valence-electron chi connectivity index (χ4n) is 2.00. The molecule has 0 spiro atoms. The number of aromatic carboxylic acids is 1. The van der Waals surface area contributed by atoms with Crippen LogP contribution < -0.4 is 4.90 Å². The lowest BCUT2D eigenvalue weighted by atomic mass is 10.1. The Hall–Kier alpha value is -2.15. The molecule has 0 radical (unpaired) electrons. The maximum Gasteiger partial charge on any atom is 0.335 e. The summed E-state index contributed by atoms with van der Waals surface area (Å²) in [5.74, 6) is -2.45. The van der Waals surface area contributed by atoms with Gasteiger partial charge in [-0.15, -0.1) is 0 Å². The number of halogens is 1. The van der Waals surface area contributed by atoms with E-state index in [1.54, 1.807) is 0 Å². The molecule has 0 aliphatic carbocycles. The van der Waals surface area contributed by atoms with Gasteiger partial charge in [0.05, 0.1) is 18.6 Å². The van der Waals surface area contributed by atoms with E-state index in [2.05, 4.69) is 9.72 Å². The molecule has 8 heteroatoms. The lowest BCUT2D eigenvalue weighted by Crippen LogP contribution is -2.27. The van der Waals surface area contributed by atoms with Gasteiger partial charge in [0.1, 0.15) is 11.0 Å². The van der Waals surface area contributed by atoms with Gasteiger partial charge in [0.15, 0.2) is 0 Å². The van der Waals surface area contributed by atoms with Gasteiger partial charge in [0.25, 0.3) is 0 Å². The first-order valence-corrected chi connectivity index (χ1v) is 6.09. The smallest absolute Gasteiger partial charge is 0.335 e. The van der Waals surface area contributed by atoms with Gasteiger partial charge < -0.3 is 9.84 Å². The molecule has 2 heterocycles. The first-order valence-electron chi connectivity index (χ1n) is 5.71. The number of hydrogen-bond donors (Lipinski definition) is 1. The Kier molecular flexibility index (Phi) is 3.89. The Morgan fingerprint density at radius 1 is 1.50 bits per heavy atom. The van der Waals surface area contributed by atoms with Gasteiger partial charge in [-0.2, -0.15) is 0 Å². The number of carboxylic acids is 1. The van der Waals surface area contributed by atoms with Crippen molar-refractivity contribution in [2.45, 2.75) is 6.42 Å². The molecule has 7 nitrogen and oxygen atoms in total. The standard InChI is InChI=1S/C12H11ClN2O5/c1-20-12(19)7-4-10(16)15(5-7)9-3-6(11(17)18)2-8(13)14-9/h2-3,7H,4-5H2,1H3,(H,17,18). The molecule has 1 aromatic rings. The number of methoxy groups -OCH3 is 1. The van der Waals surface area contributed by atoms with Crippen LogP contribution in [0.5, 0.6) is 0 Å². The molecule has 1 saturated heterocycles. The quantitative estimate of drug-likeness (QED) is 0.659. The number of esters is 1. The van der Waals surface area contributed by atoms with E-state index in [1.807, 2.05) is 0 Å². The second kappa shape index (κ2) is 5.46. The third kappa shape index (κ3) is 2.72. The number of anilines is 1. The van der Waals surface area contributed by atoms with Gasteiger partial charge in [-0.05, 0) is 12.1 Å². The summed E-state index contributed by atoms with van der Waals surface area (Å²) < 4.78 is 4.59. The summed E-state index contributed by atoms with van der Waals surface area (Å²) in [5, 5.41) is 8.92. The van der Waals surface area contributed by atoms with Crippen molar-refractivity contribution < 1.29 is 24.2 Å². The number of carbonyl (C=O) groups excluding carboxylic acids is 2. The summed E-state index contributed by atoms with van der Waals surface area (Å²) in [4.78, 5) is 39.4. The van der Waals surface area contributed by atoms with Crippen molar-refractivity contribution in [3.8, 4) is 0 Å². The van der Waals surface area contributed by atoms with Crippen LogP contribution in [0.2, 0.25) is 5.15 Å². The molecule has 1 amide bonds. The van der Waals surface area contributed by atoms with E-state index in [4.69, 9.17) is 16.7 Å². The normalized spacial score (nSPS) is 18.2. The van der Waals surface area contributed by atoms with Gasteiger partial charge >= 0.3 is 11.9 Å². The van der Waals surface area contributed by atoms with E-state index < -0.39 is 17.9 Å². The summed E-state index contributed by atoms with van der Waals surface area (Å²) in [6.45, 7) is 0.0951. The van der Waals surface area contributed by atoms with Crippen LogP contribution in [0.3, 0.4) is 0 Å². The maximum atomic E-state index is 11.9. The largest absolute Gasteiger partial charge is 0.478 e. The highest BCUT2D eigenvalue weighted by Gasteiger charge is 2.36. The zero-order valence-electron chi connectivity index (χ0n) is 10.5. The molecule has 1 fully saturated rings. The van der Waals surface area contributed by atoms with E-state index in [0.717, 1.165) is 0 Å². The molecule has 0 bridgehead atoms. The predicted molar refractivity (Wildman–Crippen MR) is 68.7 cm³/mol. The molecule has 1 N–H and O–H groups in total. The Bertz CT molecular complexity index is 589. The number of hydrogen-bond acceptors (Lipinski definition) is 5. The number of aromatic nitrogens is 1. The van der Waals surface area contributed by atoms with Gasteiger partial charge in [0.2, 0.25) is 5.91 Å². The number of pyridine rings is 1. The summed E-state index contributed by atoms with van der Waals surface area (Å²) in [5.41, 5.74) is -0.0747. The van der Waals surface area contributed by atoms with Crippen LogP contribution in [0.15, 0.2) is 12.1 Å². The first kappa shape index (κ1) is 14.3. The zero-order valence-corrected chi connectivity index (χ0v) is 11.3. The van der Waals surface area contributed by atoms with Crippen LogP contribution in [-0.4, -0.2) is 41.6 Å². The van der Waals surface area contributed by atoms with Crippen molar-refractivity contribution in [1.82, 2.24) is 4.98 Å². The monoisotopic (exact) mass is 298 g/mol. The molecule has 106 valence electrons. The molecule has 20 heavy (non-hydrogen) atoms. The zero-order chi connectivity index (χ0) is 14.9. The summed E-state index contributed by atoms with van der Waals surface area (Å²) >= 11 is 5.74. The SMILES string of the molecule is COC(=O)C1CC(=O)N(c2cc(C(=O)O)cc(Cl)n2)C1. The minimum absolute atomic E-state index is 0.00325. The highest BCUT2D eigenvalue weighted by Crippen LogP contribution is 2.26. The van der Waals surface area contributed by atoms with Crippen molar-refractivity contribution in [2.75, 3.05) is 18.6 Å². The van der Waals surface area contributed by atoms with E-state index >= 15 is 0 Å². The first-order chi connectivity index (χ1) is 9.42. The summed E-state index contributed by atoms with van der Waals surface area (Å²) in [6.07, 6.45) is 0.00325. The minimum atomic E-state index is -1.17. The summed E-state index contributed by atoms with van der Waals surface area (Å²) in [6, 6.07) is 2.43. The second-order valence-corrected chi connectivity index (χ2v) is 4.66. The van der Waals surface area contributed by atoms with E-state index in [9.17, 15) is 14.4 Å². The molecule has 0 aromatic carbocycles. The fraction of sp³-hybridized carbons (Fsp3) is 0.333. The van der Waals surface area contributed by atoms with Crippen molar-refractivity contribution >= 4 is 35.3 Å². The summed E-state index contributed by atoms with van der Waals surface area (Å²) in [7, 11) is 1.25. The van der Waals surface area contributed by atoms with Gasteiger partial charge in [-0.1, -0.05) is 11.6 Å². The molecule has 1 aromatic heterocycles. The Morgan fingerprint density at radius 2 is 2.20 bits per heavy atom. The third-order valence-corrected chi connectivity index (χ3v) is 3.16. The third-order valence-electron chi connectivity index (χ3n) is 2.96. The van der Waals surface area contributed by atoms with Gasteiger partial charge in [0, 0.05) is 13.0 Å². The second-order valence-electron chi connectivity index (χ2n) is 4.27. The number of rotatable bonds is 3.